The van der Waals surface area contributed by atoms with Crippen LogP contribution in [-0.2, 0) is 13.6 Å². The van der Waals surface area contributed by atoms with E-state index in [1.165, 1.54) is 0 Å². The second-order valence-electron chi connectivity index (χ2n) is 4.84. The van der Waals surface area contributed by atoms with Crippen LogP contribution in [0.1, 0.15) is 18.2 Å². The number of aliphatic hydroxyl groups excluding tert-OH is 1. The minimum atomic E-state index is 0.214. The average Bonchev–Trinajstić information content (AvgIpc) is 2.64. The van der Waals surface area contributed by atoms with Crippen molar-refractivity contribution in [2.24, 2.45) is 13.0 Å². The van der Waals surface area contributed by atoms with Crippen molar-refractivity contribution in [2.75, 3.05) is 13.2 Å². The number of aryl methyl sites for hydroxylation is 2. The summed E-state index contributed by atoms with van der Waals surface area (Å²) in [5.41, 5.74) is 3.06. The maximum Gasteiger partial charge on any atom is 0.157 e. The van der Waals surface area contributed by atoms with E-state index < -0.39 is 0 Å². The molecule has 0 saturated heterocycles. The summed E-state index contributed by atoms with van der Waals surface area (Å²) in [7, 11) is 1.91. The molecule has 1 unspecified atom stereocenters. The van der Waals surface area contributed by atoms with E-state index in [2.05, 4.69) is 21.5 Å². The normalized spacial score (nSPS) is 13.1. The Kier molecular flexibility index (Phi) is 3.93. The first-order valence-electron chi connectivity index (χ1n) is 6.21. The fourth-order valence-corrected chi connectivity index (χ4v) is 1.98. The molecule has 0 aromatic carbocycles. The molecule has 0 spiro atoms. The summed E-state index contributed by atoms with van der Waals surface area (Å²) < 4.78 is 1.80. The number of aliphatic hydroxyl groups is 1. The van der Waals surface area contributed by atoms with Crippen LogP contribution < -0.4 is 5.32 Å². The Balaban J connectivity index is 2.08. The highest BCUT2D eigenvalue weighted by Gasteiger charge is 2.07. The molecule has 2 heterocycles. The number of hydrogen-bond donors (Lipinski definition) is 2. The molecule has 0 radical (unpaired) electrons. The van der Waals surface area contributed by atoms with Gasteiger partial charge in [-0.2, -0.15) is 5.10 Å². The van der Waals surface area contributed by atoms with E-state index in [1.807, 2.05) is 27.1 Å². The van der Waals surface area contributed by atoms with Gasteiger partial charge < -0.3 is 10.4 Å². The van der Waals surface area contributed by atoms with Crippen molar-refractivity contribution in [3.05, 3.63) is 23.5 Å². The van der Waals surface area contributed by atoms with E-state index in [0.717, 1.165) is 35.4 Å². The standard InChI is InChI=1S/C13H20N4O/c1-9(8-18)5-14-6-11-4-12-10(2)16-17(3)13(12)15-7-11/h4,7,9,14,18H,5-6,8H2,1-3H3. The fraction of sp³-hybridized carbons (Fsp3) is 0.538. The molecule has 5 heteroatoms. The molecule has 0 aliphatic heterocycles. The zero-order valence-corrected chi connectivity index (χ0v) is 11.1. The molecular weight excluding hydrogens is 228 g/mol. The number of hydrogen-bond acceptors (Lipinski definition) is 4. The Morgan fingerprint density at radius 2 is 2.28 bits per heavy atom. The van der Waals surface area contributed by atoms with Crippen molar-refractivity contribution >= 4 is 11.0 Å². The molecule has 0 bridgehead atoms. The third-order valence-corrected chi connectivity index (χ3v) is 3.05. The summed E-state index contributed by atoms with van der Waals surface area (Å²) in [4.78, 5) is 4.43. The maximum atomic E-state index is 8.95. The Morgan fingerprint density at radius 1 is 1.50 bits per heavy atom. The predicted octanol–water partition coefficient (Wildman–Crippen LogP) is 0.995. The molecule has 2 aromatic rings. The first-order valence-corrected chi connectivity index (χ1v) is 6.21. The Morgan fingerprint density at radius 3 is 3.00 bits per heavy atom. The van der Waals surface area contributed by atoms with Gasteiger partial charge in [-0.3, -0.25) is 4.68 Å². The molecule has 1 atom stereocenters. The Hall–Kier alpha value is -1.46. The largest absolute Gasteiger partial charge is 0.396 e. The van der Waals surface area contributed by atoms with Crippen molar-refractivity contribution in [2.45, 2.75) is 20.4 Å². The molecule has 0 fully saturated rings. The lowest BCUT2D eigenvalue weighted by molar-refractivity contribution is 0.233. The third-order valence-electron chi connectivity index (χ3n) is 3.05. The number of rotatable bonds is 5. The highest BCUT2D eigenvalue weighted by atomic mass is 16.3. The zero-order valence-electron chi connectivity index (χ0n) is 11.1. The maximum absolute atomic E-state index is 8.95. The summed E-state index contributed by atoms with van der Waals surface area (Å²) in [5, 5.41) is 17.7. The van der Waals surface area contributed by atoms with E-state index in [-0.39, 0.29) is 12.5 Å². The van der Waals surface area contributed by atoms with Gasteiger partial charge in [0.15, 0.2) is 5.65 Å². The van der Waals surface area contributed by atoms with Gasteiger partial charge in [0.2, 0.25) is 0 Å². The van der Waals surface area contributed by atoms with Crippen LogP contribution in [0.25, 0.3) is 11.0 Å². The molecule has 5 nitrogen and oxygen atoms in total. The van der Waals surface area contributed by atoms with Crippen molar-refractivity contribution < 1.29 is 5.11 Å². The molecule has 0 aliphatic carbocycles. The predicted molar refractivity (Wildman–Crippen MR) is 71.2 cm³/mol. The Labute approximate surface area is 107 Å². The third kappa shape index (κ3) is 2.68. The summed E-state index contributed by atoms with van der Waals surface area (Å²) in [5.74, 6) is 0.279. The van der Waals surface area contributed by atoms with E-state index >= 15 is 0 Å². The SMILES string of the molecule is Cc1nn(C)c2ncc(CNCC(C)CO)cc12. The lowest BCUT2D eigenvalue weighted by atomic mass is 10.2. The topological polar surface area (TPSA) is 63.0 Å². The van der Waals surface area contributed by atoms with Crippen LogP contribution in [0.2, 0.25) is 0 Å². The minimum Gasteiger partial charge on any atom is -0.396 e. The van der Waals surface area contributed by atoms with Gasteiger partial charge >= 0.3 is 0 Å². The van der Waals surface area contributed by atoms with Gasteiger partial charge in [0, 0.05) is 38.3 Å². The second kappa shape index (κ2) is 5.46. The van der Waals surface area contributed by atoms with Gasteiger partial charge in [-0.25, -0.2) is 4.98 Å². The molecule has 2 aromatic heterocycles. The highest BCUT2D eigenvalue weighted by molar-refractivity contribution is 5.78. The van der Waals surface area contributed by atoms with Gasteiger partial charge in [0.1, 0.15) is 0 Å². The van der Waals surface area contributed by atoms with Crippen molar-refractivity contribution in [1.29, 1.82) is 0 Å². The van der Waals surface area contributed by atoms with E-state index in [4.69, 9.17) is 5.11 Å². The lowest BCUT2D eigenvalue weighted by Crippen LogP contribution is -2.22. The quantitative estimate of drug-likeness (QED) is 0.828. The fourth-order valence-electron chi connectivity index (χ4n) is 1.98. The second-order valence-corrected chi connectivity index (χ2v) is 4.84. The van der Waals surface area contributed by atoms with Crippen LogP contribution in [0.5, 0.6) is 0 Å². The summed E-state index contributed by atoms with van der Waals surface area (Å²) >= 11 is 0. The Bertz CT molecular complexity index is 535. The monoisotopic (exact) mass is 248 g/mol. The van der Waals surface area contributed by atoms with Gasteiger partial charge in [-0.05, 0) is 24.5 Å². The number of pyridine rings is 1. The van der Waals surface area contributed by atoms with E-state index in [0.29, 0.717) is 0 Å². The zero-order chi connectivity index (χ0) is 13.1. The van der Waals surface area contributed by atoms with Crippen LogP contribution in [0.4, 0.5) is 0 Å². The van der Waals surface area contributed by atoms with Crippen molar-refractivity contribution in [1.82, 2.24) is 20.1 Å². The van der Waals surface area contributed by atoms with Gasteiger partial charge in [-0.1, -0.05) is 6.92 Å². The smallest absolute Gasteiger partial charge is 0.157 e. The van der Waals surface area contributed by atoms with Gasteiger partial charge in [0.25, 0.3) is 0 Å². The molecule has 2 rings (SSSR count). The lowest BCUT2D eigenvalue weighted by Gasteiger charge is -2.09. The van der Waals surface area contributed by atoms with E-state index in [1.54, 1.807) is 4.68 Å². The summed E-state index contributed by atoms with van der Waals surface area (Å²) in [6, 6.07) is 2.13. The van der Waals surface area contributed by atoms with Gasteiger partial charge in [-0.15, -0.1) is 0 Å². The number of nitrogens with zero attached hydrogens (tertiary/aromatic N) is 3. The van der Waals surface area contributed by atoms with Crippen LogP contribution in [-0.4, -0.2) is 33.0 Å². The minimum absolute atomic E-state index is 0.214. The molecule has 98 valence electrons. The number of fused-ring (bicyclic) bond motifs is 1. The molecule has 0 saturated carbocycles. The molecule has 18 heavy (non-hydrogen) atoms. The molecule has 2 N–H and O–H groups in total. The molecule has 0 aliphatic rings. The first-order chi connectivity index (χ1) is 8.61. The van der Waals surface area contributed by atoms with Crippen LogP contribution in [0, 0.1) is 12.8 Å². The summed E-state index contributed by atoms with van der Waals surface area (Å²) in [6.45, 7) is 5.79. The van der Waals surface area contributed by atoms with Gasteiger partial charge in [0.05, 0.1) is 5.69 Å². The van der Waals surface area contributed by atoms with Crippen LogP contribution >= 0.6 is 0 Å². The van der Waals surface area contributed by atoms with Crippen LogP contribution in [0.3, 0.4) is 0 Å². The first kappa shape index (κ1) is 13.0. The highest BCUT2D eigenvalue weighted by Crippen LogP contribution is 2.16. The average molecular weight is 248 g/mol. The van der Waals surface area contributed by atoms with Crippen molar-refractivity contribution in [3.8, 4) is 0 Å². The number of nitrogens with one attached hydrogen (secondary N) is 1. The van der Waals surface area contributed by atoms with Crippen molar-refractivity contribution in [3.63, 3.8) is 0 Å². The molecular formula is C13H20N4O. The van der Waals surface area contributed by atoms with Crippen LogP contribution in [0.15, 0.2) is 12.3 Å². The van der Waals surface area contributed by atoms with E-state index in [9.17, 15) is 0 Å². The summed E-state index contributed by atoms with van der Waals surface area (Å²) in [6.07, 6.45) is 1.88. The number of aromatic nitrogens is 3. The molecule has 0 amide bonds.